The fraction of sp³-hybridized carbons (Fsp3) is 0.474. The zero-order chi connectivity index (χ0) is 22.1. The van der Waals surface area contributed by atoms with Gasteiger partial charge >= 0.3 is 18.2 Å². The molecule has 2 saturated heterocycles. The summed E-state index contributed by atoms with van der Waals surface area (Å²) < 4.78 is 45.3. The van der Waals surface area contributed by atoms with Gasteiger partial charge in [0.2, 0.25) is 0 Å². The molecule has 2 aliphatic heterocycles. The van der Waals surface area contributed by atoms with Crippen molar-refractivity contribution in [3.05, 3.63) is 29.3 Å². The quantitative estimate of drug-likeness (QED) is 0.727. The van der Waals surface area contributed by atoms with Gasteiger partial charge < -0.3 is 14.7 Å². The lowest BCUT2D eigenvalue weighted by Gasteiger charge is -2.37. The van der Waals surface area contributed by atoms with Crippen molar-refractivity contribution in [2.45, 2.75) is 37.4 Å². The number of carbonyl (C=O) groups is 3. The van der Waals surface area contributed by atoms with Crippen molar-refractivity contribution in [1.29, 1.82) is 5.26 Å². The Balaban J connectivity index is 2.01. The summed E-state index contributed by atoms with van der Waals surface area (Å²) in [5.74, 6) is -1.74. The van der Waals surface area contributed by atoms with Gasteiger partial charge in [0, 0.05) is 39.0 Å². The summed E-state index contributed by atoms with van der Waals surface area (Å²) in [7, 11) is 0. The fourth-order valence-electron chi connectivity index (χ4n) is 3.84. The average Bonchev–Trinajstić information content (AvgIpc) is 2.88. The van der Waals surface area contributed by atoms with Gasteiger partial charge in [-0.15, -0.1) is 0 Å². The van der Waals surface area contributed by atoms with Gasteiger partial charge in [0.15, 0.2) is 0 Å². The highest BCUT2D eigenvalue weighted by Crippen LogP contribution is 2.41. The molecule has 2 heterocycles. The van der Waals surface area contributed by atoms with Crippen LogP contribution in [0.25, 0.3) is 0 Å². The van der Waals surface area contributed by atoms with E-state index in [0.717, 1.165) is 12.1 Å². The predicted octanol–water partition coefficient (Wildman–Crippen LogP) is 2.76. The van der Waals surface area contributed by atoms with Crippen LogP contribution in [-0.4, -0.2) is 53.2 Å². The molecule has 160 valence electrons. The second-order valence-electron chi connectivity index (χ2n) is 7.06. The number of carboxylic acids is 1. The monoisotopic (exact) mass is 425 g/mol. The standard InChI is InChI=1S/C19H18F3N3O5/c20-19(21,22)14-10-13(4-3-12(14)11-23)25-16(28)18(5-8-30-9-6-18)24(17(25)29)7-1-2-15(26)27/h3-4,10H,1-2,5-9H2,(H,26,27). The number of rotatable bonds is 5. The van der Waals surface area contributed by atoms with Crippen LogP contribution in [-0.2, 0) is 20.5 Å². The van der Waals surface area contributed by atoms with E-state index in [-0.39, 0.29) is 51.1 Å². The number of hydrogen-bond donors (Lipinski definition) is 1. The zero-order valence-electron chi connectivity index (χ0n) is 15.7. The van der Waals surface area contributed by atoms with Gasteiger partial charge in [-0.05, 0) is 24.6 Å². The first-order chi connectivity index (χ1) is 14.1. The van der Waals surface area contributed by atoms with E-state index in [1.165, 1.54) is 11.0 Å². The number of ether oxygens (including phenoxy) is 1. The maximum Gasteiger partial charge on any atom is 0.417 e. The number of hydrogen-bond acceptors (Lipinski definition) is 5. The number of anilines is 1. The van der Waals surface area contributed by atoms with Gasteiger partial charge in [-0.3, -0.25) is 9.59 Å². The Labute approximate surface area is 169 Å². The first-order valence-electron chi connectivity index (χ1n) is 9.19. The number of nitriles is 1. The molecule has 8 nitrogen and oxygen atoms in total. The molecular formula is C19H18F3N3O5. The summed E-state index contributed by atoms with van der Waals surface area (Å²) in [6.45, 7) is 0.336. The number of amides is 3. The third-order valence-corrected chi connectivity index (χ3v) is 5.32. The van der Waals surface area contributed by atoms with E-state index in [2.05, 4.69) is 0 Å². The normalized spacial score (nSPS) is 18.7. The molecule has 3 rings (SSSR count). The molecule has 1 N–H and O–H groups in total. The van der Waals surface area contributed by atoms with Gasteiger partial charge in [0.1, 0.15) is 5.54 Å². The summed E-state index contributed by atoms with van der Waals surface area (Å²) in [4.78, 5) is 39.1. The van der Waals surface area contributed by atoms with Crippen LogP contribution in [0.4, 0.5) is 23.7 Å². The Morgan fingerprint density at radius 3 is 2.50 bits per heavy atom. The van der Waals surface area contributed by atoms with Crippen LogP contribution in [0.1, 0.15) is 36.8 Å². The lowest BCUT2D eigenvalue weighted by molar-refractivity contribution is -0.138. The van der Waals surface area contributed by atoms with E-state index in [9.17, 15) is 27.6 Å². The summed E-state index contributed by atoms with van der Waals surface area (Å²) in [5.41, 5.74) is -3.44. The highest BCUT2D eigenvalue weighted by atomic mass is 19.4. The highest BCUT2D eigenvalue weighted by Gasteiger charge is 2.58. The molecule has 11 heteroatoms. The summed E-state index contributed by atoms with van der Waals surface area (Å²) in [5, 5.41) is 17.8. The maximum absolute atomic E-state index is 13.3. The molecule has 0 radical (unpaired) electrons. The zero-order valence-corrected chi connectivity index (χ0v) is 15.7. The minimum atomic E-state index is -4.84. The number of imide groups is 1. The third kappa shape index (κ3) is 3.70. The molecule has 2 aliphatic rings. The van der Waals surface area contributed by atoms with E-state index in [4.69, 9.17) is 15.1 Å². The SMILES string of the molecule is N#Cc1ccc(N2C(=O)N(CCCC(=O)O)C3(CCOCC3)C2=O)cc1C(F)(F)F. The number of halogens is 3. The van der Waals surface area contributed by atoms with Crippen molar-refractivity contribution in [2.24, 2.45) is 0 Å². The van der Waals surface area contributed by atoms with Crippen LogP contribution >= 0.6 is 0 Å². The fourth-order valence-corrected chi connectivity index (χ4v) is 3.84. The molecule has 0 saturated carbocycles. The minimum absolute atomic E-state index is 0.0320. The van der Waals surface area contributed by atoms with Crippen LogP contribution in [0, 0.1) is 11.3 Å². The number of alkyl halides is 3. The molecule has 0 atom stereocenters. The molecule has 2 fully saturated rings. The molecule has 3 amide bonds. The predicted molar refractivity (Wildman–Crippen MR) is 95.4 cm³/mol. The topological polar surface area (TPSA) is 111 Å². The van der Waals surface area contributed by atoms with Crippen molar-refractivity contribution in [2.75, 3.05) is 24.7 Å². The van der Waals surface area contributed by atoms with Crippen molar-refractivity contribution in [3.63, 3.8) is 0 Å². The van der Waals surface area contributed by atoms with Crippen LogP contribution in [0.3, 0.4) is 0 Å². The Hall–Kier alpha value is -3.13. The summed E-state index contributed by atoms with van der Waals surface area (Å²) >= 11 is 0. The van der Waals surface area contributed by atoms with Crippen molar-refractivity contribution < 1.29 is 37.4 Å². The van der Waals surface area contributed by atoms with Gasteiger partial charge in [-0.1, -0.05) is 0 Å². The smallest absolute Gasteiger partial charge is 0.417 e. The van der Waals surface area contributed by atoms with Crippen LogP contribution < -0.4 is 4.90 Å². The van der Waals surface area contributed by atoms with Crippen molar-refractivity contribution >= 4 is 23.6 Å². The first kappa shape index (κ1) is 21.6. The lowest BCUT2D eigenvalue weighted by atomic mass is 9.88. The first-order valence-corrected chi connectivity index (χ1v) is 9.19. The Bertz CT molecular complexity index is 919. The van der Waals surface area contributed by atoms with Crippen molar-refractivity contribution in [3.8, 4) is 6.07 Å². The van der Waals surface area contributed by atoms with Gasteiger partial charge in [-0.2, -0.15) is 18.4 Å². The summed E-state index contributed by atoms with van der Waals surface area (Å²) in [6.07, 6.45) is -4.66. The second kappa shape index (κ2) is 7.95. The molecule has 0 unspecified atom stereocenters. The molecular weight excluding hydrogens is 407 g/mol. The van der Waals surface area contributed by atoms with E-state index in [0.29, 0.717) is 11.0 Å². The maximum atomic E-state index is 13.3. The van der Waals surface area contributed by atoms with E-state index < -0.39 is 40.7 Å². The third-order valence-electron chi connectivity index (χ3n) is 5.32. The molecule has 0 aromatic heterocycles. The molecule has 1 aromatic carbocycles. The summed E-state index contributed by atoms with van der Waals surface area (Å²) in [6, 6.07) is 3.30. The van der Waals surface area contributed by atoms with Gasteiger partial charge in [0.25, 0.3) is 5.91 Å². The number of benzene rings is 1. The largest absolute Gasteiger partial charge is 0.481 e. The number of nitrogens with zero attached hydrogens (tertiary/aromatic N) is 3. The number of urea groups is 1. The van der Waals surface area contributed by atoms with Crippen LogP contribution in [0.15, 0.2) is 18.2 Å². The van der Waals surface area contributed by atoms with E-state index >= 15 is 0 Å². The molecule has 1 aromatic rings. The Kier molecular flexibility index (Phi) is 5.72. The van der Waals surface area contributed by atoms with Crippen molar-refractivity contribution in [1.82, 2.24) is 4.90 Å². The van der Waals surface area contributed by atoms with E-state index in [1.54, 1.807) is 0 Å². The van der Waals surface area contributed by atoms with Gasteiger partial charge in [0.05, 0.1) is 22.9 Å². The Morgan fingerprint density at radius 2 is 1.93 bits per heavy atom. The molecule has 0 bridgehead atoms. The molecule has 1 spiro atoms. The number of carbonyl (C=O) groups excluding carboxylic acids is 2. The molecule has 0 aliphatic carbocycles. The highest BCUT2D eigenvalue weighted by molar-refractivity contribution is 6.23. The second-order valence-corrected chi connectivity index (χ2v) is 7.06. The molecule has 30 heavy (non-hydrogen) atoms. The number of carboxylic acid groups (broad SMARTS) is 1. The van der Waals surface area contributed by atoms with Crippen LogP contribution in [0.5, 0.6) is 0 Å². The van der Waals surface area contributed by atoms with Gasteiger partial charge in [-0.25, -0.2) is 9.69 Å². The number of aliphatic carboxylic acids is 1. The minimum Gasteiger partial charge on any atom is -0.481 e. The van der Waals surface area contributed by atoms with Crippen LogP contribution in [0.2, 0.25) is 0 Å². The average molecular weight is 425 g/mol. The Morgan fingerprint density at radius 1 is 1.27 bits per heavy atom. The lowest BCUT2D eigenvalue weighted by Crippen LogP contribution is -2.53. The van der Waals surface area contributed by atoms with E-state index in [1.807, 2.05) is 0 Å².